The minimum Gasteiger partial charge on any atom is -0.390 e. The third-order valence-corrected chi connectivity index (χ3v) is 1.75. The number of aliphatic hydroxyl groups is 3. The number of hydrogen-bond donors (Lipinski definition) is 3. The number of rotatable bonds is 0. The van der Waals surface area contributed by atoms with Crippen molar-refractivity contribution in [2.24, 2.45) is 5.92 Å². The van der Waals surface area contributed by atoms with Crippen molar-refractivity contribution in [3.8, 4) is 0 Å². The molecule has 60 valence electrons. The van der Waals surface area contributed by atoms with Crippen molar-refractivity contribution in [3.63, 3.8) is 0 Å². The van der Waals surface area contributed by atoms with Crippen LogP contribution in [0.5, 0.6) is 0 Å². The Bertz CT molecular complexity index is 102. The van der Waals surface area contributed by atoms with E-state index in [1.54, 1.807) is 6.92 Å². The summed E-state index contributed by atoms with van der Waals surface area (Å²) in [6, 6.07) is 0. The molecule has 1 heterocycles. The summed E-state index contributed by atoms with van der Waals surface area (Å²) in [6.07, 6.45) is -3.27. The molecule has 3 N–H and O–H groups in total. The highest BCUT2D eigenvalue weighted by Crippen LogP contribution is 2.17. The van der Waals surface area contributed by atoms with Gasteiger partial charge in [0, 0.05) is 5.92 Å². The predicted octanol–water partition coefficient (Wildman–Crippen LogP) is -1.31. The second-order valence-corrected chi connectivity index (χ2v) is 2.68. The van der Waals surface area contributed by atoms with Gasteiger partial charge in [0.05, 0.1) is 12.7 Å². The molecule has 1 saturated heterocycles. The highest BCUT2D eigenvalue weighted by molar-refractivity contribution is 4.79. The molecular weight excluding hydrogens is 136 g/mol. The van der Waals surface area contributed by atoms with E-state index >= 15 is 0 Å². The molecule has 0 aromatic carbocycles. The Morgan fingerprint density at radius 2 is 1.80 bits per heavy atom. The van der Waals surface area contributed by atoms with Crippen molar-refractivity contribution >= 4 is 0 Å². The van der Waals surface area contributed by atoms with Crippen molar-refractivity contribution in [3.05, 3.63) is 0 Å². The summed E-state index contributed by atoms with van der Waals surface area (Å²) in [6.45, 7) is 2.04. The van der Waals surface area contributed by atoms with Gasteiger partial charge in [-0.3, -0.25) is 0 Å². The molecule has 0 radical (unpaired) electrons. The lowest BCUT2D eigenvalue weighted by Crippen LogP contribution is -2.48. The summed E-state index contributed by atoms with van der Waals surface area (Å²) in [7, 11) is 0. The Hall–Kier alpha value is -0.160. The van der Waals surface area contributed by atoms with E-state index < -0.39 is 18.5 Å². The van der Waals surface area contributed by atoms with Crippen molar-refractivity contribution in [1.29, 1.82) is 0 Å². The largest absolute Gasteiger partial charge is 0.390 e. The van der Waals surface area contributed by atoms with Crippen LogP contribution in [0.3, 0.4) is 0 Å². The minimum atomic E-state index is -1.23. The fourth-order valence-electron chi connectivity index (χ4n) is 0.953. The van der Waals surface area contributed by atoms with Gasteiger partial charge in [-0.25, -0.2) is 0 Å². The van der Waals surface area contributed by atoms with E-state index in [1.165, 1.54) is 0 Å². The molecule has 4 atom stereocenters. The Labute approximate surface area is 59.1 Å². The van der Waals surface area contributed by atoms with E-state index in [0.717, 1.165) is 0 Å². The molecule has 1 fully saturated rings. The standard InChI is InChI=1S/C6H12O4/c1-3-2-10-6(9)5(8)4(3)7/h3-9H,2H2,1H3/t3-,4+,5-,6?/m1/s1. The molecule has 1 aliphatic heterocycles. The third kappa shape index (κ3) is 1.29. The predicted molar refractivity (Wildman–Crippen MR) is 33.1 cm³/mol. The molecule has 4 heteroatoms. The maximum absolute atomic E-state index is 9.13. The van der Waals surface area contributed by atoms with Crippen LogP contribution in [0.15, 0.2) is 0 Å². The van der Waals surface area contributed by atoms with Crippen LogP contribution in [-0.4, -0.2) is 40.4 Å². The SMILES string of the molecule is C[C@@H]1COC(O)[C@H](O)[C@H]1O. The van der Waals surface area contributed by atoms with Crippen LogP contribution in [0.1, 0.15) is 6.92 Å². The molecule has 4 nitrogen and oxygen atoms in total. The first-order valence-electron chi connectivity index (χ1n) is 3.28. The highest BCUT2D eigenvalue weighted by atomic mass is 16.6. The van der Waals surface area contributed by atoms with Gasteiger partial charge in [-0.1, -0.05) is 6.92 Å². The maximum atomic E-state index is 9.13. The zero-order valence-corrected chi connectivity index (χ0v) is 5.77. The quantitative estimate of drug-likeness (QED) is 0.399. The average Bonchev–Trinajstić information content (AvgIpc) is 1.93. The lowest BCUT2D eigenvalue weighted by atomic mass is 9.98. The molecular formula is C6H12O4. The molecule has 0 bridgehead atoms. The molecule has 0 aliphatic carbocycles. The van der Waals surface area contributed by atoms with Crippen molar-refractivity contribution in [2.45, 2.75) is 25.4 Å². The molecule has 1 unspecified atom stereocenters. The Morgan fingerprint density at radius 1 is 1.20 bits per heavy atom. The Balaban J connectivity index is 2.52. The van der Waals surface area contributed by atoms with E-state index in [1.807, 2.05) is 0 Å². The van der Waals surface area contributed by atoms with Crippen molar-refractivity contribution in [2.75, 3.05) is 6.61 Å². The van der Waals surface area contributed by atoms with Crippen LogP contribution in [0.25, 0.3) is 0 Å². The minimum absolute atomic E-state index is 0.113. The molecule has 0 aromatic rings. The van der Waals surface area contributed by atoms with E-state index in [9.17, 15) is 0 Å². The summed E-state index contributed by atoms with van der Waals surface area (Å²) in [5, 5.41) is 27.0. The van der Waals surface area contributed by atoms with E-state index in [2.05, 4.69) is 0 Å². The summed E-state index contributed by atoms with van der Waals surface area (Å²) in [5.41, 5.74) is 0. The highest BCUT2D eigenvalue weighted by Gasteiger charge is 2.34. The van der Waals surface area contributed by atoms with Gasteiger partial charge in [0.2, 0.25) is 0 Å². The summed E-state index contributed by atoms with van der Waals surface area (Å²) in [4.78, 5) is 0. The van der Waals surface area contributed by atoms with Gasteiger partial charge in [0.1, 0.15) is 6.10 Å². The van der Waals surface area contributed by atoms with Crippen LogP contribution < -0.4 is 0 Å². The van der Waals surface area contributed by atoms with E-state index in [4.69, 9.17) is 20.1 Å². The van der Waals surface area contributed by atoms with Gasteiger partial charge < -0.3 is 20.1 Å². The lowest BCUT2D eigenvalue weighted by molar-refractivity contribution is -0.236. The van der Waals surface area contributed by atoms with Crippen molar-refractivity contribution < 1.29 is 20.1 Å². The Morgan fingerprint density at radius 3 is 2.30 bits per heavy atom. The van der Waals surface area contributed by atoms with Crippen LogP contribution in [0, 0.1) is 5.92 Å². The van der Waals surface area contributed by atoms with Gasteiger partial charge in [-0.15, -0.1) is 0 Å². The van der Waals surface area contributed by atoms with Crippen LogP contribution in [0.2, 0.25) is 0 Å². The second-order valence-electron chi connectivity index (χ2n) is 2.68. The number of aliphatic hydroxyl groups excluding tert-OH is 3. The van der Waals surface area contributed by atoms with Crippen LogP contribution in [-0.2, 0) is 4.74 Å². The molecule has 0 saturated carbocycles. The zero-order valence-electron chi connectivity index (χ0n) is 5.77. The first-order chi connectivity index (χ1) is 4.63. The van der Waals surface area contributed by atoms with Crippen LogP contribution >= 0.6 is 0 Å². The number of hydrogen-bond acceptors (Lipinski definition) is 4. The smallest absolute Gasteiger partial charge is 0.183 e. The van der Waals surface area contributed by atoms with Crippen molar-refractivity contribution in [1.82, 2.24) is 0 Å². The fraction of sp³-hybridized carbons (Fsp3) is 1.00. The molecule has 1 rings (SSSR count). The fourth-order valence-corrected chi connectivity index (χ4v) is 0.953. The van der Waals surface area contributed by atoms with Gasteiger partial charge in [0.25, 0.3) is 0 Å². The maximum Gasteiger partial charge on any atom is 0.183 e. The number of ether oxygens (including phenoxy) is 1. The molecule has 0 amide bonds. The third-order valence-electron chi connectivity index (χ3n) is 1.75. The zero-order chi connectivity index (χ0) is 7.72. The average molecular weight is 148 g/mol. The topological polar surface area (TPSA) is 69.9 Å². The van der Waals surface area contributed by atoms with Gasteiger partial charge in [-0.05, 0) is 0 Å². The molecule has 10 heavy (non-hydrogen) atoms. The van der Waals surface area contributed by atoms with Gasteiger partial charge in [0.15, 0.2) is 6.29 Å². The normalized spacial score (nSPS) is 49.2. The summed E-state index contributed by atoms with van der Waals surface area (Å²) >= 11 is 0. The van der Waals surface area contributed by atoms with Crippen LogP contribution in [0.4, 0.5) is 0 Å². The second kappa shape index (κ2) is 2.84. The molecule has 0 spiro atoms. The molecule has 1 aliphatic rings. The van der Waals surface area contributed by atoms with E-state index in [0.29, 0.717) is 6.61 Å². The molecule has 0 aromatic heterocycles. The summed E-state index contributed by atoms with van der Waals surface area (Å²) in [5.74, 6) is -0.113. The van der Waals surface area contributed by atoms with Gasteiger partial charge >= 0.3 is 0 Å². The summed E-state index contributed by atoms with van der Waals surface area (Å²) < 4.78 is 4.72. The first kappa shape index (κ1) is 7.94. The van der Waals surface area contributed by atoms with E-state index in [-0.39, 0.29) is 5.92 Å². The van der Waals surface area contributed by atoms with Gasteiger partial charge in [-0.2, -0.15) is 0 Å². The first-order valence-corrected chi connectivity index (χ1v) is 3.28. The Kier molecular flexibility index (Phi) is 2.25. The monoisotopic (exact) mass is 148 g/mol. The lowest BCUT2D eigenvalue weighted by Gasteiger charge is -2.32.